The van der Waals surface area contributed by atoms with Crippen LogP contribution in [0.1, 0.15) is 141 Å². The highest BCUT2D eigenvalue weighted by molar-refractivity contribution is 7.91. The number of hydrogen-bond acceptors (Lipinski definition) is 19. The van der Waals surface area contributed by atoms with Crippen LogP contribution in [0.25, 0.3) is 20.4 Å². The van der Waals surface area contributed by atoms with Crippen LogP contribution in [-0.2, 0) is 71.5 Å². The molecular formula is C74H87ClN10O14S4. The highest BCUT2D eigenvalue weighted by Gasteiger charge is 2.64. The van der Waals surface area contributed by atoms with E-state index in [1.165, 1.54) is 41.4 Å². The van der Waals surface area contributed by atoms with Crippen LogP contribution in [0, 0.1) is 11.8 Å². The largest absolute Gasteiger partial charge is 0.465 e. The lowest BCUT2D eigenvalue weighted by molar-refractivity contribution is -0.149. The number of para-hydroxylation sites is 2. The first-order valence-corrected chi connectivity index (χ1v) is 40.6. The number of sulfonamides is 2. The predicted molar refractivity (Wildman–Crippen MR) is 391 cm³/mol. The highest BCUT2D eigenvalue weighted by Crippen LogP contribution is 2.48. The lowest BCUT2D eigenvalue weighted by atomic mass is 10.0. The van der Waals surface area contributed by atoms with E-state index in [0.717, 1.165) is 76.5 Å². The smallest absolute Gasteiger partial charge is 0.274 e. The molecule has 2 saturated heterocycles. The van der Waals surface area contributed by atoms with E-state index in [-0.39, 0.29) is 74.2 Å². The number of hydrogen-bond donors (Lipinski definition) is 5. The molecule has 0 unspecified atom stereocenters. The lowest BCUT2D eigenvalue weighted by Crippen LogP contribution is -2.58. The number of halogens is 1. The van der Waals surface area contributed by atoms with E-state index in [9.17, 15) is 55.2 Å². The van der Waals surface area contributed by atoms with Gasteiger partial charge in [-0.3, -0.25) is 47.8 Å². The summed E-state index contributed by atoms with van der Waals surface area (Å²) in [5.41, 5.74) is 0.650. The first-order chi connectivity index (χ1) is 49.5. The summed E-state index contributed by atoms with van der Waals surface area (Å²) in [5, 5.41) is 8.64. The Morgan fingerprint density at radius 3 is 1.48 bits per heavy atom. The summed E-state index contributed by atoms with van der Waals surface area (Å²) >= 11 is 7.42. The van der Waals surface area contributed by atoms with Crippen molar-refractivity contribution in [3.05, 3.63) is 145 Å². The Labute approximate surface area is 612 Å². The van der Waals surface area contributed by atoms with Crippen LogP contribution in [0.4, 0.5) is 0 Å². The molecule has 8 aliphatic rings. The minimum atomic E-state index is -3.86. The molecular weight excluding hydrogens is 1420 g/mol. The number of carbonyl (C=O) groups excluding carboxylic acids is 8. The average Bonchev–Trinajstić information content (AvgIpc) is 1.58. The monoisotopic (exact) mass is 1500 g/mol. The van der Waals surface area contributed by atoms with Gasteiger partial charge >= 0.3 is 0 Å². The molecule has 4 aliphatic carbocycles. The quantitative estimate of drug-likeness (QED) is 0.0447. The topological polar surface area (TPSA) is 319 Å². The molecule has 4 saturated carbocycles. The van der Waals surface area contributed by atoms with Crippen LogP contribution in [0.15, 0.2) is 133 Å². The molecule has 29 heteroatoms. The Hall–Kier alpha value is -8.15. The molecule has 548 valence electrons. The van der Waals surface area contributed by atoms with Gasteiger partial charge in [-0.15, -0.1) is 0 Å². The maximum atomic E-state index is 14.8. The summed E-state index contributed by atoms with van der Waals surface area (Å²) < 4.78 is 70.2. The normalized spacial score (nSPS) is 27.4. The number of ether oxygens (including phenoxy) is 2. The van der Waals surface area contributed by atoms with Crippen LogP contribution >= 0.6 is 34.3 Å². The van der Waals surface area contributed by atoms with Gasteiger partial charge in [0, 0.05) is 51.6 Å². The zero-order valence-electron chi connectivity index (χ0n) is 57.5. The molecule has 0 radical (unpaired) electrons. The van der Waals surface area contributed by atoms with Crippen molar-refractivity contribution in [3.63, 3.8) is 0 Å². The summed E-state index contributed by atoms with van der Waals surface area (Å²) in [5.74, 6) is -4.11. The Kier molecular flexibility index (Phi) is 23.5. The first-order valence-electron chi connectivity index (χ1n) is 35.5. The van der Waals surface area contributed by atoms with Crippen LogP contribution in [0.2, 0.25) is 0 Å². The van der Waals surface area contributed by atoms with Crippen molar-refractivity contribution in [1.82, 2.24) is 50.1 Å². The van der Waals surface area contributed by atoms with Gasteiger partial charge in [0.25, 0.3) is 22.2 Å². The molecule has 24 nitrogen and oxygen atoms in total. The predicted octanol–water partition coefficient (Wildman–Crippen LogP) is 8.64. The number of amides is 7. The molecule has 14 rings (SSSR count). The van der Waals surface area contributed by atoms with Gasteiger partial charge in [0.05, 0.1) is 50.1 Å². The van der Waals surface area contributed by atoms with Crippen LogP contribution in [0.3, 0.4) is 0 Å². The van der Waals surface area contributed by atoms with Crippen molar-refractivity contribution in [2.75, 3.05) is 13.1 Å². The number of allylic oxidation sites excluding steroid dienone is 2. The maximum Gasteiger partial charge on any atom is 0.274 e. The third kappa shape index (κ3) is 18.5. The molecule has 2 aromatic heterocycles. The minimum absolute atomic E-state index is 0.0685. The van der Waals surface area contributed by atoms with Crippen molar-refractivity contribution < 1.29 is 64.7 Å². The zero-order valence-corrected chi connectivity index (χ0v) is 61.5. The molecule has 0 spiro atoms. The van der Waals surface area contributed by atoms with Crippen LogP contribution in [0.5, 0.6) is 10.4 Å². The average molecular weight is 1500 g/mol. The summed E-state index contributed by atoms with van der Waals surface area (Å²) in [6.07, 6.45) is 17.1. The van der Waals surface area contributed by atoms with E-state index < -0.39 is 108 Å². The van der Waals surface area contributed by atoms with E-state index in [2.05, 4.69) is 47.0 Å². The van der Waals surface area contributed by atoms with E-state index in [1.807, 2.05) is 133 Å². The Bertz CT molecular complexity index is 4350. The third-order valence-electron chi connectivity index (χ3n) is 20.1. The summed E-state index contributed by atoms with van der Waals surface area (Å²) in [6, 6.07) is 31.4. The van der Waals surface area contributed by atoms with Gasteiger partial charge in [-0.05, 0) is 124 Å². The number of aromatic nitrogens is 2. The number of carbonyl (C=O) groups is 8. The fourth-order valence-electron chi connectivity index (χ4n) is 14.0. The summed E-state index contributed by atoms with van der Waals surface area (Å²) in [7, 11) is -7.69. The molecule has 4 aromatic carbocycles. The van der Waals surface area contributed by atoms with Crippen molar-refractivity contribution in [2.24, 2.45) is 11.8 Å². The van der Waals surface area contributed by atoms with E-state index in [1.54, 1.807) is 9.80 Å². The highest BCUT2D eigenvalue weighted by atomic mass is 35.5. The molecule has 6 heterocycles. The molecule has 6 aromatic rings. The van der Waals surface area contributed by atoms with Gasteiger partial charge in [0.1, 0.15) is 41.4 Å². The second-order valence-corrected chi connectivity index (χ2v) is 34.4. The summed E-state index contributed by atoms with van der Waals surface area (Å²) in [6.45, 7) is 3.72. The first kappa shape index (κ1) is 74.6. The van der Waals surface area contributed by atoms with Gasteiger partial charge in [-0.1, -0.05) is 158 Å². The van der Waals surface area contributed by atoms with E-state index >= 15 is 0 Å². The van der Waals surface area contributed by atoms with Gasteiger partial charge < -0.3 is 40.1 Å². The standard InChI is InChI=1S/C37H43N5O7S2.C35H41N5O6S2.C2H3ClO/c1-24(43)41(22-25-12-6-5-7-13-25)30-16-9-4-2-3-8-14-26-21-37(26,35(46)40-51(47,48)28-18-19-28)39-33(44)31-20-27(23-42(31)34(30)45)49-36-38-29-15-10-11-17-32(29)50-36;41-31-29-19-25(46-34-37-27-14-9-10-16-30(27)47-34)22-40(29)32(42)28(36-21-23-11-5-4-6-12-23)15-8-3-1-2-7-13-24-20-35(24,38-31)33(43)39-48(44,45)26-17-18-26;1-2(3)4/h5-8,10-15,17,26-28,30-31H,2-4,9,16,18-23H2,1H3,(H,39,44)(H,40,46);4-7,9-14,16,24-26,28-29,36H,1-3,8,15,17-22H2,(H,38,41)(H,39,43);1H3/b14-8-;13-7-;/t26-,27-,30+,31+,37-;24-,25-,28+,29+,35-;/m11./s1. The van der Waals surface area contributed by atoms with E-state index in [4.69, 9.17) is 9.47 Å². The Balaban J connectivity index is 0.000000185. The van der Waals surface area contributed by atoms with Gasteiger partial charge in [-0.2, -0.15) is 0 Å². The number of benzene rings is 4. The SMILES string of the molecule is CC(=O)Cl.CC(=O)N(Cc1ccccc1)[C@H]1CCCCC/C=C\[C@@H]2C[C@@]2(C(=O)NS(=O)(=O)C2CC2)NC(=O)[C@@H]2C[C@@H](Oc3nc4ccccc4s3)CN2C1=O.O=C1N[C@]2(C(=O)NS(=O)(=O)C3CC3)C[C@H]2/C=C\CCCCC[C@H](NCc2ccccc2)C(=O)N2C[C@H](Oc3nc4ccccc4s3)C[C@@H]12. The van der Waals surface area contributed by atoms with Crippen LogP contribution < -0.4 is 34.9 Å². The molecule has 6 fully saturated rings. The number of thiazole rings is 2. The van der Waals surface area contributed by atoms with Gasteiger partial charge in [0.15, 0.2) is 0 Å². The number of fused-ring (bicyclic) bond motifs is 6. The van der Waals surface area contributed by atoms with Crippen molar-refractivity contribution in [2.45, 2.75) is 200 Å². The minimum Gasteiger partial charge on any atom is -0.465 e. The van der Waals surface area contributed by atoms with Gasteiger partial charge in [0.2, 0.25) is 54.8 Å². The summed E-state index contributed by atoms with van der Waals surface area (Å²) in [4.78, 5) is 121. The fourth-order valence-corrected chi connectivity index (χ4v) is 18.5. The molecule has 5 N–H and O–H groups in total. The number of nitrogens with one attached hydrogen (secondary N) is 5. The molecule has 0 bridgehead atoms. The number of rotatable bonds is 16. The van der Waals surface area contributed by atoms with Gasteiger partial charge in [-0.25, -0.2) is 26.8 Å². The van der Waals surface area contributed by atoms with E-state index in [0.29, 0.717) is 61.9 Å². The second kappa shape index (κ2) is 32.5. The zero-order chi connectivity index (χ0) is 72.6. The lowest BCUT2D eigenvalue weighted by Gasteiger charge is -2.35. The molecule has 7 amide bonds. The molecule has 10 atom stereocenters. The molecule has 103 heavy (non-hydrogen) atoms. The van der Waals surface area contributed by atoms with Crippen molar-refractivity contribution in [3.8, 4) is 10.4 Å². The second-order valence-electron chi connectivity index (χ2n) is 27.9. The third-order valence-corrected chi connectivity index (χ3v) is 25.6. The Morgan fingerprint density at radius 2 is 1.02 bits per heavy atom. The maximum absolute atomic E-state index is 14.8. The molecule has 4 aliphatic heterocycles. The fraction of sp³-hybridized carbons (Fsp3) is 0.486. The van der Waals surface area contributed by atoms with Crippen molar-refractivity contribution >= 4 is 121 Å². The van der Waals surface area contributed by atoms with Crippen LogP contribution in [-0.4, -0.2) is 159 Å². The Morgan fingerprint density at radius 1 is 0.583 bits per heavy atom. The van der Waals surface area contributed by atoms with Crippen molar-refractivity contribution in [1.29, 1.82) is 0 Å². The number of nitrogens with zero attached hydrogens (tertiary/aromatic N) is 5.